The lowest BCUT2D eigenvalue weighted by atomic mass is 10.1. The predicted octanol–water partition coefficient (Wildman–Crippen LogP) is 3.21. The van der Waals surface area contributed by atoms with Crippen LogP contribution in [0.2, 0.25) is 0 Å². The first kappa shape index (κ1) is 14.2. The molecule has 2 heterocycles. The highest BCUT2D eigenvalue weighted by molar-refractivity contribution is 6.34. The predicted molar refractivity (Wildman–Crippen MR) is 71.6 cm³/mol. The number of anilines is 1. The third-order valence-corrected chi connectivity index (χ3v) is 3.34. The number of imide groups is 1. The van der Waals surface area contributed by atoms with Crippen LogP contribution in [0.3, 0.4) is 0 Å². The number of nitrogens with zero attached hydrogens (tertiary/aromatic N) is 2. The molecule has 0 N–H and O–H groups in total. The van der Waals surface area contributed by atoms with Crippen molar-refractivity contribution >= 4 is 17.6 Å². The van der Waals surface area contributed by atoms with Crippen LogP contribution >= 0.6 is 0 Å². The lowest BCUT2D eigenvalue weighted by Gasteiger charge is -2.12. The second kappa shape index (κ2) is 4.66. The molecule has 0 bridgehead atoms. The first-order valence-electron chi connectivity index (χ1n) is 6.32. The molecule has 0 saturated heterocycles. The highest BCUT2D eigenvalue weighted by atomic mass is 19.4. The quantitative estimate of drug-likeness (QED) is 0.760. The second-order valence-corrected chi connectivity index (χ2v) is 4.90. The summed E-state index contributed by atoms with van der Waals surface area (Å²) < 4.78 is 38.2. The Balaban J connectivity index is 2.09. The third kappa shape index (κ3) is 2.14. The number of halogens is 3. The largest absolute Gasteiger partial charge is 0.416 e. The molecule has 0 spiro atoms. The van der Waals surface area contributed by atoms with Crippen LogP contribution in [0.5, 0.6) is 0 Å². The zero-order chi connectivity index (χ0) is 16.1. The van der Waals surface area contributed by atoms with Gasteiger partial charge in [0.25, 0.3) is 11.8 Å². The van der Waals surface area contributed by atoms with Crippen LogP contribution in [0.15, 0.2) is 36.5 Å². The van der Waals surface area contributed by atoms with Crippen LogP contribution in [0.4, 0.5) is 19.0 Å². The summed E-state index contributed by atoms with van der Waals surface area (Å²) in [5.74, 6) is -1.38. The van der Waals surface area contributed by atoms with E-state index >= 15 is 0 Å². The number of rotatable bonds is 1. The van der Waals surface area contributed by atoms with Crippen LogP contribution in [0.1, 0.15) is 31.8 Å². The standard InChI is InChI=1S/C15H9F3N2O2/c1-8-4-5-19-12(6-8)20-13(21)10-3-2-9(15(16,17)18)7-11(10)14(20)22/h2-7H,1H3. The summed E-state index contributed by atoms with van der Waals surface area (Å²) in [6.45, 7) is 1.76. The smallest absolute Gasteiger partial charge is 0.268 e. The van der Waals surface area contributed by atoms with Crippen LogP contribution in [-0.4, -0.2) is 16.8 Å². The van der Waals surface area contributed by atoms with Gasteiger partial charge in [-0.1, -0.05) is 0 Å². The van der Waals surface area contributed by atoms with E-state index in [2.05, 4.69) is 4.98 Å². The summed E-state index contributed by atoms with van der Waals surface area (Å²) in [6.07, 6.45) is -3.15. The van der Waals surface area contributed by atoms with E-state index in [0.29, 0.717) is 6.07 Å². The minimum absolute atomic E-state index is 0.0543. The monoisotopic (exact) mass is 306 g/mol. The van der Waals surface area contributed by atoms with E-state index in [0.717, 1.165) is 22.6 Å². The number of hydrogen-bond acceptors (Lipinski definition) is 3. The molecule has 2 aromatic rings. The van der Waals surface area contributed by atoms with E-state index in [1.165, 1.54) is 12.3 Å². The molecule has 7 heteroatoms. The first-order chi connectivity index (χ1) is 10.3. The van der Waals surface area contributed by atoms with Crippen molar-refractivity contribution < 1.29 is 22.8 Å². The number of amides is 2. The molecule has 0 unspecified atom stereocenters. The van der Waals surface area contributed by atoms with Gasteiger partial charge in [0.2, 0.25) is 0 Å². The van der Waals surface area contributed by atoms with Crippen molar-refractivity contribution in [3.8, 4) is 0 Å². The Bertz CT molecular complexity index is 800. The molecule has 112 valence electrons. The van der Waals surface area contributed by atoms with E-state index in [4.69, 9.17) is 0 Å². The number of benzene rings is 1. The Morgan fingerprint density at radius 2 is 1.68 bits per heavy atom. The molecule has 1 aliphatic heterocycles. The Hall–Kier alpha value is -2.70. The summed E-state index contributed by atoms with van der Waals surface area (Å²) in [6, 6.07) is 5.71. The van der Waals surface area contributed by atoms with Gasteiger partial charge in [0.1, 0.15) is 5.82 Å². The number of pyridine rings is 1. The van der Waals surface area contributed by atoms with Crippen molar-refractivity contribution in [2.45, 2.75) is 13.1 Å². The molecule has 3 rings (SSSR count). The molecule has 0 radical (unpaired) electrons. The minimum atomic E-state index is -4.58. The summed E-state index contributed by atoms with van der Waals surface area (Å²) in [4.78, 5) is 29.3. The van der Waals surface area contributed by atoms with Crippen molar-refractivity contribution in [1.29, 1.82) is 0 Å². The fourth-order valence-electron chi connectivity index (χ4n) is 2.27. The van der Waals surface area contributed by atoms with E-state index in [9.17, 15) is 22.8 Å². The Morgan fingerprint density at radius 1 is 1.00 bits per heavy atom. The van der Waals surface area contributed by atoms with Gasteiger partial charge in [0, 0.05) is 6.20 Å². The van der Waals surface area contributed by atoms with Gasteiger partial charge in [-0.25, -0.2) is 9.88 Å². The second-order valence-electron chi connectivity index (χ2n) is 4.90. The Kier molecular flexibility index (Phi) is 3.01. The molecule has 4 nitrogen and oxygen atoms in total. The van der Waals surface area contributed by atoms with Crippen molar-refractivity contribution in [2.75, 3.05) is 4.90 Å². The number of aryl methyl sites for hydroxylation is 1. The number of carbonyl (C=O) groups is 2. The van der Waals surface area contributed by atoms with Gasteiger partial charge in [0.15, 0.2) is 0 Å². The summed E-state index contributed by atoms with van der Waals surface area (Å²) in [5, 5.41) is 0. The SMILES string of the molecule is Cc1ccnc(N2C(=O)c3ccc(C(F)(F)F)cc3C2=O)c1. The van der Waals surface area contributed by atoms with Crippen LogP contribution < -0.4 is 4.90 Å². The Labute approximate surface area is 123 Å². The Morgan fingerprint density at radius 3 is 2.32 bits per heavy atom. The normalized spacial score (nSPS) is 14.5. The van der Waals surface area contributed by atoms with Gasteiger partial charge in [-0.05, 0) is 42.8 Å². The number of hydrogen-bond donors (Lipinski definition) is 0. The van der Waals surface area contributed by atoms with Gasteiger partial charge >= 0.3 is 6.18 Å². The van der Waals surface area contributed by atoms with Crippen molar-refractivity contribution in [2.24, 2.45) is 0 Å². The van der Waals surface area contributed by atoms with Crippen molar-refractivity contribution in [3.63, 3.8) is 0 Å². The molecule has 2 amide bonds. The number of aromatic nitrogens is 1. The third-order valence-electron chi connectivity index (χ3n) is 3.34. The molecule has 1 aliphatic rings. The number of carbonyl (C=O) groups excluding carboxylic acids is 2. The summed E-state index contributed by atoms with van der Waals surface area (Å²) in [7, 11) is 0. The maximum atomic E-state index is 12.7. The van der Waals surface area contributed by atoms with Gasteiger partial charge in [0.05, 0.1) is 16.7 Å². The number of fused-ring (bicyclic) bond motifs is 1. The average Bonchev–Trinajstić information content (AvgIpc) is 2.69. The minimum Gasteiger partial charge on any atom is -0.268 e. The van der Waals surface area contributed by atoms with Gasteiger partial charge in [-0.3, -0.25) is 9.59 Å². The van der Waals surface area contributed by atoms with E-state index < -0.39 is 23.6 Å². The topological polar surface area (TPSA) is 50.3 Å². The van der Waals surface area contributed by atoms with Crippen LogP contribution in [-0.2, 0) is 6.18 Å². The molecule has 1 aromatic carbocycles. The molecule has 0 saturated carbocycles. The molecule has 0 fully saturated rings. The van der Waals surface area contributed by atoms with Crippen molar-refractivity contribution in [3.05, 3.63) is 58.8 Å². The average molecular weight is 306 g/mol. The fourth-order valence-corrected chi connectivity index (χ4v) is 2.27. The summed E-state index contributed by atoms with van der Waals surface area (Å²) >= 11 is 0. The highest BCUT2D eigenvalue weighted by Crippen LogP contribution is 2.34. The molecular weight excluding hydrogens is 297 g/mol. The molecule has 0 atom stereocenters. The molecule has 0 aliphatic carbocycles. The maximum absolute atomic E-state index is 12.7. The van der Waals surface area contributed by atoms with Gasteiger partial charge in [-0.2, -0.15) is 13.2 Å². The zero-order valence-electron chi connectivity index (χ0n) is 11.3. The molecular formula is C15H9F3N2O2. The van der Waals surface area contributed by atoms with Gasteiger partial charge in [-0.15, -0.1) is 0 Å². The summed E-state index contributed by atoms with van der Waals surface area (Å²) in [5.41, 5.74) is -0.506. The lowest BCUT2D eigenvalue weighted by Crippen LogP contribution is -2.30. The zero-order valence-corrected chi connectivity index (χ0v) is 11.3. The van der Waals surface area contributed by atoms with Gasteiger partial charge < -0.3 is 0 Å². The highest BCUT2D eigenvalue weighted by Gasteiger charge is 2.40. The van der Waals surface area contributed by atoms with E-state index in [-0.39, 0.29) is 16.9 Å². The fraction of sp³-hybridized carbons (Fsp3) is 0.133. The lowest BCUT2D eigenvalue weighted by molar-refractivity contribution is -0.137. The first-order valence-corrected chi connectivity index (χ1v) is 6.32. The molecule has 1 aromatic heterocycles. The number of alkyl halides is 3. The van der Waals surface area contributed by atoms with E-state index in [1.54, 1.807) is 13.0 Å². The van der Waals surface area contributed by atoms with Crippen LogP contribution in [0, 0.1) is 6.92 Å². The molecule has 22 heavy (non-hydrogen) atoms. The van der Waals surface area contributed by atoms with Crippen molar-refractivity contribution in [1.82, 2.24) is 4.98 Å². The maximum Gasteiger partial charge on any atom is 0.416 e. The van der Waals surface area contributed by atoms with E-state index in [1.807, 2.05) is 0 Å². The van der Waals surface area contributed by atoms with Crippen LogP contribution in [0.25, 0.3) is 0 Å².